The Bertz CT molecular complexity index is 211. The van der Waals surface area contributed by atoms with Crippen LogP contribution >= 0.6 is 0 Å². The van der Waals surface area contributed by atoms with E-state index in [2.05, 4.69) is 12.2 Å². The van der Waals surface area contributed by atoms with E-state index in [9.17, 15) is 5.11 Å². The van der Waals surface area contributed by atoms with E-state index in [1.165, 1.54) is 44.9 Å². The molecule has 0 amide bonds. The van der Waals surface area contributed by atoms with Crippen molar-refractivity contribution in [3.05, 3.63) is 0 Å². The van der Waals surface area contributed by atoms with Gasteiger partial charge in [0.25, 0.3) is 0 Å². The van der Waals surface area contributed by atoms with Gasteiger partial charge >= 0.3 is 0 Å². The first kappa shape index (κ1) is 12.4. The number of hydrogen-bond acceptors (Lipinski definition) is 2. The Morgan fingerprint density at radius 1 is 1.19 bits per heavy atom. The predicted octanol–water partition coefficient (Wildman–Crippen LogP) is 2.85. The van der Waals surface area contributed by atoms with Crippen molar-refractivity contribution in [2.75, 3.05) is 6.54 Å². The molecular weight excluding hydrogens is 198 g/mol. The average Bonchev–Trinajstić information content (AvgIpc) is 2.75. The first-order chi connectivity index (χ1) is 7.72. The zero-order valence-corrected chi connectivity index (χ0v) is 10.7. The molecule has 0 heterocycles. The van der Waals surface area contributed by atoms with E-state index in [4.69, 9.17) is 0 Å². The van der Waals surface area contributed by atoms with E-state index in [-0.39, 0.29) is 5.60 Å². The molecule has 2 aliphatic carbocycles. The maximum Gasteiger partial charge on any atom is 0.0771 e. The summed E-state index contributed by atoms with van der Waals surface area (Å²) in [7, 11) is 0. The number of hydrogen-bond donors (Lipinski definition) is 2. The monoisotopic (exact) mass is 225 g/mol. The molecule has 2 unspecified atom stereocenters. The van der Waals surface area contributed by atoms with E-state index < -0.39 is 0 Å². The lowest BCUT2D eigenvalue weighted by atomic mass is 9.84. The van der Waals surface area contributed by atoms with Crippen molar-refractivity contribution in [2.45, 2.75) is 76.4 Å². The standard InChI is InChI=1S/C14H27NO/c1-2-12-6-5-7-13(10-12)15-11-14(16)8-3-4-9-14/h12-13,15-16H,2-11H2,1H3. The summed E-state index contributed by atoms with van der Waals surface area (Å²) < 4.78 is 0. The summed E-state index contributed by atoms with van der Waals surface area (Å²) in [4.78, 5) is 0. The van der Waals surface area contributed by atoms with E-state index in [1.54, 1.807) is 0 Å². The van der Waals surface area contributed by atoms with Crippen LogP contribution in [0.25, 0.3) is 0 Å². The summed E-state index contributed by atoms with van der Waals surface area (Å²) >= 11 is 0. The predicted molar refractivity (Wildman–Crippen MR) is 67.5 cm³/mol. The van der Waals surface area contributed by atoms with Crippen molar-refractivity contribution in [3.8, 4) is 0 Å². The van der Waals surface area contributed by atoms with Crippen LogP contribution in [0.1, 0.15) is 64.7 Å². The summed E-state index contributed by atoms with van der Waals surface area (Å²) in [5, 5.41) is 13.9. The minimum Gasteiger partial charge on any atom is -0.389 e. The van der Waals surface area contributed by atoms with Gasteiger partial charge in [0.2, 0.25) is 0 Å². The Morgan fingerprint density at radius 2 is 1.94 bits per heavy atom. The number of aliphatic hydroxyl groups is 1. The van der Waals surface area contributed by atoms with Gasteiger partial charge in [-0.25, -0.2) is 0 Å². The largest absolute Gasteiger partial charge is 0.389 e. The number of nitrogens with one attached hydrogen (secondary N) is 1. The molecule has 0 spiro atoms. The second-order valence-electron chi connectivity index (χ2n) is 5.95. The normalized spacial score (nSPS) is 34.1. The highest BCUT2D eigenvalue weighted by Crippen LogP contribution is 2.30. The van der Waals surface area contributed by atoms with Crippen LogP contribution in [0, 0.1) is 5.92 Å². The maximum absolute atomic E-state index is 10.3. The van der Waals surface area contributed by atoms with Gasteiger partial charge in [-0.15, -0.1) is 0 Å². The molecule has 2 saturated carbocycles. The Hall–Kier alpha value is -0.0800. The fourth-order valence-electron chi connectivity index (χ4n) is 3.39. The minimum absolute atomic E-state index is 0.376. The highest BCUT2D eigenvalue weighted by Gasteiger charge is 2.32. The Labute approximate surface area is 99.8 Å². The van der Waals surface area contributed by atoms with Gasteiger partial charge in [-0.3, -0.25) is 0 Å². The van der Waals surface area contributed by atoms with Gasteiger partial charge < -0.3 is 10.4 Å². The zero-order chi connectivity index (χ0) is 11.4. The van der Waals surface area contributed by atoms with Gasteiger partial charge in [0.15, 0.2) is 0 Å². The van der Waals surface area contributed by atoms with Crippen molar-refractivity contribution < 1.29 is 5.11 Å². The molecule has 16 heavy (non-hydrogen) atoms. The van der Waals surface area contributed by atoms with Crippen LogP contribution in [-0.2, 0) is 0 Å². The second kappa shape index (κ2) is 5.50. The third kappa shape index (κ3) is 3.21. The quantitative estimate of drug-likeness (QED) is 0.771. The molecule has 0 aromatic carbocycles. The third-order valence-electron chi connectivity index (χ3n) is 4.61. The lowest BCUT2D eigenvalue weighted by molar-refractivity contribution is 0.0423. The first-order valence-corrected chi connectivity index (χ1v) is 7.17. The van der Waals surface area contributed by atoms with Crippen LogP contribution in [0.15, 0.2) is 0 Å². The van der Waals surface area contributed by atoms with Crippen LogP contribution in [0.5, 0.6) is 0 Å². The summed E-state index contributed by atoms with van der Waals surface area (Å²) in [6, 6.07) is 0.670. The van der Waals surface area contributed by atoms with Gasteiger partial charge in [-0.2, -0.15) is 0 Å². The molecule has 2 heteroatoms. The Morgan fingerprint density at radius 3 is 2.62 bits per heavy atom. The molecule has 0 bridgehead atoms. The highest BCUT2D eigenvalue weighted by molar-refractivity contribution is 4.88. The van der Waals surface area contributed by atoms with Crippen LogP contribution in [0.4, 0.5) is 0 Å². The average molecular weight is 225 g/mol. The second-order valence-corrected chi connectivity index (χ2v) is 5.95. The van der Waals surface area contributed by atoms with Crippen LogP contribution < -0.4 is 5.32 Å². The van der Waals surface area contributed by atoms with Gasteiger partial charge in [0.05, 0.1) is 5.60 Å². The lowest BCUT2D eigenvalue weighted by Crippen LogP contribution is -2.44. The van der Waals surface area contributed by atoms with Gasteiger partial charge in [0, 0.05) is 12.6 Å². The van der Waals surface area contributed by atoms with Gasteiger partial charge in [0.1, 0.15) is 0 Å². The Kier molecular flexibility index (Phi) is 4.26. The van der Waals surface area contributed by atoms with Crippen LogP contribution in [-0.4, -0.2) is 23.3 Å². The molecular formula is C14H27NO. The molecule has 2 aliphatic rings. The zero-order valence-electron chi connectivity index (χ0n) is 10.7. The smallest absolute Gasteiger partial charge is 0.0771 e. The minimum atomic E-state index is -0.376. The summed E-state index contributed by atoms with van der Waals surface area (Å²) in [6.45, 7) is 3.13. The van der Waals surface area contributed by atoms with Crippen molar-refractivity contribution >= 4 is 0 Å². The van der Waals surface area contributed by atoms with Crippen molar-refractivity contribution in [3.63, 3.8) is 0 Å². The molecule has 2 atom stereocenters. The van der Waals surface area contributed by atoms with E-state index >= 15 is 0 Å². The molecule has 2 nitrogen and oxygen atoms in total. The fraction of sp³-hybridized carbons (Fsp3) is 1.00. The molecule has 0 radical (unpaired) electrons. The number of rotatable bonds is 4. The first-order valence-electron chi connectivity index (χ1n) is 7.17. The van der Waals surface area contributed by atoms with Gasteiger partial charge in [-0.05, 0) is 31.6 Å². The summed E-state index contributed by atoms with van der Waals surface area (Å²) in [5.41, 5.74) is -0.376. The maximum atomic E-state index is 10.3. The fourth-order valence-corrected chi connectivity index (χ4v) is 3.39. The molecule has 2 rings (SSSR count). The third-order valence-corrected chi connectivity index (χ3v) is 4.61. The molecule has 0 saturated heterocycles. The molecule has 0 aromatic rings. The molecule has 0 aromatic heterocycles. The van der Waals surface area contributed by atoms with Gasteiger partial charge in [-0.1, -0.05) is 39.0 Å². The summed E-state index contributed by atoms with van der Waals surface area (Å²) in [5.74, 6) is 0.921. The van der Waals surface area contributed by atoms with Crippen LogP contribution in [0.3, 0.4) is 0 Å². The topological polar surface area (TPSA) is 32.3 Å². The Balaban J connectivity index is 1.72. The lowest BCUT2D eigenvalue weighted by Gasteiger charge is -2.32. The summed E-state index contributed by atoms with van der Waals surface area (Å²) in [6.07, 6.45) is 11.2. The van der Waals surface area contributed by atoms with E-state index in [0.29, 0.717) is 6.04 Å². The molecule has 94 valence electrons. The molecule has 0 aliphatic heterocycles. The van der Waals surface area contributed by atoms with Crippen molar-refractivity contribution in [1.82, 2.24) is 5.32 Å². The van der Waals surface area contributed by atoms with E-state index in [0.717, 1.165) is 25.3 Å². The molecule has 2 fully saturated rings. The highest BCUT2D eigenvalue weighted by atomic mass is 16.3. The van der Waals surface area contributed by atoms with Crippen LogP contribution in [0.2, 0.25) is 0 Å². The van der Waals surface area contributed by atoms with Crippen molar-refractivity contribution in [2.24, 2.45) is 5.92 Å². The SMILES string of the molecule is CCC1CCCC(NCC2(O)CCCC2)C1. The van der Waals surface area contributed by atoms with Crippen molar-refractivity contribution in [1.29, 1.82) is 0 Å². The molecule has 2 N–H and O–H groups in total. The van der Waals surface area contributed by atoms with E-state index in [1.807, 2.05) is 0 Å².